The normalized spacial score (nSPS) is 24.6. The largest absolute Gasteiger partial charge is 0.325 e. The van der Waals surface area contributed by atoms with Crippen molar-refractivity contribution in [1.82, 2.24) is 0 Å². The minimum absolute atomic E-state index is 0.00313. The molecule has 16 heavy (non-hydrogen) atoms. The molecule has 0 bridgehead atoms. The molecule has 0 unspecified atom stereocenters. The molecule has 2 N–H and O–H groups in total. The highest BCUT2D eigenvalue weighted by molar-refractivity contribution is 5.07. The third kappa shape index (κ3) is 4.13. The number of rotatable bonds is 4. The van der Waals surface area contributed by atoms with Gasteiger partial charge < -0.3 is 5.73 Å². The minimum atomic E-state index is 0.00313. The van der Waals surface area contributed by atoms with Crippen molar-refractivity contribution in [2.24, 2.45) is 11.7 Å². The third-order valence-electron chi connectivity index (χ3n) is 3.81. The molecule has 0 amide bonds. The lowest BCUT2D eigenvalue weighted by Gasteiger charge is -2.36. The summed E-state index contributed by atoms with van der Waals surface area (Å²) in [5, 5.41) is 0. The lowest BCUT2D eigenvalue weighted by atomic mass is 9.75. The summed E-state index contributed by atoms with van der Waals surface area (Å²) >= 11 is 0. The molecule has 0 heterocycles. The third-order valence-corrected chi connectivity index (χ3v) is 3.81. The van der Waals surface area contributed by atoms with Crippen LogP contribution in [0, 0.1) is 5.92 Å². The van der Waals surface area contributed by atoms with E-state index in [-0.39, 0.29) is 5.54 Å². The van der Waals surface area contributed by atoms with Crippen LogP contribution in [0.15, 0.2) is 23.3 Å². The zero-order chi connectivity index (χ0) is 12.2. The van der Waals surface area contributed by atoms with Crippen molar-refractivity contribution in [3.05, 3.63) is 23.3 Å². The summed E-state index contributed by atoms with van der Waals surface area (Å²) in [6.07, 6.45) is 10.6. The molecule has 0 saturated carbocycles. The van der Waals surface area contributed by atoms with Crippen molar-refractivity contribution >= 4 is 0 Å². The van der Waals surface area contributed by atoms with Gasteiger partial charge in [0.1, 0.15) is 0 Å². The molecule has 2 atom stereocenters. The number of nitrogens with two attached hydrogens (primary N) is 1. The molecule has 1 aliphatic carbocycles. The van der Waals surface area contributed by atoms with Gasteiger partial charge in [-0.15, -0.1) is 0 Å². The molecule has 0 spiro atoms. The second kappa shape index (κ2) is 5.67. The summed E-state index contributed by atoms with van der Waals surface area (Å²) in [6, 6.07) is 0. The van der Waals surface area contributed by atoms with Gasteiger partial charge in [0.05, 0.1) is 0 Å². The molecule has 0 aromatic rings. The molecule has 0 aromatic carbocycles. The van der Waals surface area contributed by atoms with E-state index in [1.807, 2.05) is 0 Å². The van der Waals surface area contributed by atoms with Gasteiger partial charge >= 0.3 is 0 Å². The average molecular weight is 221 g/mol. The van der Waals surface area contributed by atoms with Crippen LogP contribution in [-0.2, 0) is 0 Å². The van der Waals surface area contributed by atoms with E-state index < -0.39 is 0 Å². The predicted octanol–water partition coefficient (Wildman–Crippen LogP) is 4.20. The average Bonchev–Trinajstić information content (AvgIpc) is 2.17. The Morgan fingerprint density at radius 1 is 1.56 bits per heavy atom. The van der Waals surface area contributed by atoms with Crippen LogP contribution in [0.4, 0.5) is 0 Å². The molecular formula is C15H27N. The van der Waals surface area contributed by atoms with Crippen LogP contribution in [-0.4, -0.2) is 5.54 Å². The fourth-order valence-electron chi connectivity index (χ4n) is 2.44. The van der Waals surface area contributed by atoms with Crippen LogP contribution < -0.4 is 5.73 Å². The summed E-state index contributed by atoms with van der Waals surface area (Å²) in [5.74, 6) is 0.668. The standard InChI is InChI=1S/C15H27N/c1-12(2)6-5-11-15(4,16)14-9-7-13(3)8-10-14/h6-7,14H,5,8-11,16H2,1-4H3/t14-,15-/m1/s1. The van der Waals surface area contributed by atoms with Gasteiger partial charge in [0, 0.05) is 5.54 Å². The summed E-state index contributed by atoms with van der Waals surface area (Å²) in [6.45, 7) is 8.76. The molecule has 0 radical (unpaired) electrons. The van der Waals surface area contributed by atoms with E-state index >= 15 is 0 Å². The van der Waals surface area contributed by atoms with Crippen molar-refractivity contribution in [3.8, 4) is 0 Å². The van der Waals surface area contributed by atoms with Crippen LogP contribution in [0.5, 0.6) is 0 Å². The SMILES string of the molecule is CC(C)=CCC[C@@](C)(N)[C@@H]1CC=C(C)CC1. The van der Waals surface area contributed by atoms with E-state index in [1.165, 1.54) is 30.4 Å². The van der Waals surface area contributed by atoms with E-state index in [4.69, 9.17) is 5.73 Å². The van der Waals surface area contributed by atoms with Crippen LogP contribution in [0.3, 0.4) is 0 Å². The Balaban J connectivity index is 2.47. The first-order chi connectivity index (χ1) is 7.42. The van der Waals surface area contributed by atoms with Gasteiger partial charge in [-0.3, -0.25) is 0 Å². The summed E-state index contributed by atoms with van der Waals surface area (Å²) in [7, 11) is 0. The zero-order valence-electron chi connectivity index (χ0n) is 11.3. The Morgan fingerprint density at radius 2 is 2.25 bits per heavy atom. The Hall–Kier alpha value is -0.560. The maximum atomic E-state index is 6.46. The zero-order valence-corrected chi connectivity index (χ0v) is 11.3. The van der Waals surface area contributed by atoms with Gasteiger partial charge in [-0.1, -0.05) is 23.3 Å². The second-order valence-corrected chi connectivity index (χ2v) is 5.85. The molecule has 1 aliphatic rings. The fraction of sp³-hybridized carbons (Fsp3) is 0.733. The van der Waals surface area contributed by atoms with Gasteiger partial charge in [0.25, 0.3) is 0 Å². The lowest BCUT2D eigenvalue weighted by molar-refractivity contribution is 0.256. The maximum Gasteiger partial charge on any atom is 0.0160 e. The van der Waals surface area contributed by atoms with E-state index in [0.717, 1.165) is 12.8 Å². The van der Waals surface area contributed by atoms with E-state index in [1.54, 1.807) is 0 Å². The van der Waals surface area contributed by atoms with Crippen molar-refractivity contribution in [1.29, 1.82) is 0 Å². The highest BCUT2D eigenvalue weighted by Crippen LogP contribution is 2.33. The quantitative estimate of drug-likeness (QED) is 0.707. The molecule has 0 saturated heterocycles. The maximum absolute atomic E-state index is 6.46. The van der Waals surface area contributed by atoms with Gasteiger partial charge in [0.2, 0.25) is 0 Å². The molecule has 1 rings (SSSR count). The number of hydrogen-bond donors (Lipinski definition) is 1. The van der Waals surface area contributed by atoms with Gasteiger partial charge in [-0.2, -0.15) is 0 Å². The molecule has 0 aromatic heterocycles. The predicted molar refractivity (Wildman–Crippen MR) is 72.4 cm³/mol. The van der Waals surface area contributed by atoms with Crippen molar-refractivity contribution < 1.29 is 0 Å². The highest BCUT2D eigenvalue weighted by Gasteiger charge is 2.29. The first-order valence-electron chi connectivity index (χ1n) is 6.49. The summed E-state index contributed by atoms with van der Waals surface area (Å²) in [5.41, 5.74) is 9.40. The fourth-order valence-corrected chi connectivity index (χ4v) is 2.44. The summed E-state index contributed by atoms with van der Waals surface area (Å²) in [4.78, 5) is 0. The van der Waals surface area contributed by atoms with Crippen LogP contribution >= 0.6 is 0 Å². The summed E-state index contributed by atoms with van der Waals surface area (Å²) < 4.78 is 0. The van der Waals surface area contributed by atoms with Crippen molar-refractivity contribution in [3.63, 3.8) is 0 Å². The van der Waals surface area contributed by atoms with Crippen molar-refractivity contribution in [2.45, 2.75) is 65.3 Å². The van der Waals surface area contributed by atoms with E-state index in [0.29, 0.717) is 5.92 Å². The first kappa shape index (κ1) is 13.5. The van der Waals surface area contributed by atoms with Gasteiger partial charge in [0.15, 0.2) is 0 Å². The smallest absolute Gasteiger partial charge is 0.0160 e. The lowest BCUT2D eigenvalue weighted by Crippen LogP contribution is -2.44. The van der Waals surface area contributed by atoms with Gasteiger partial charge in [-0.05, 0) is 65.7 Å². The Kier molecular flexibility index (Phi) is 4.79. The van der Waals surface area contributed by atoms with E-state index in [9.17, 15) is 0 Å². The Morgan fingerprint density at radius 3 is 2.75 bits per heavy atom. The minimum Gasteiger partial charge on any atom is -0.325 e. The monoisotopic (exact) mass is 221 g/mol. The number of allylic oxidation sites excluding steroid dienone is 4. The topological polar surface area (TPSA) is 26.0 Å². The second-order valence-electron chi connectivity index (χ2n) is 5.85. The molecule has 1 nitrogen and oxygen atoms in total. The molecule has 0 aliphatic heterocycles. The molecule has 92 valence electrons. The number of hydrogen-bond acceptors (Lipinski definition) is 1. The van der Waals surface area contributed by atoms with E-state index in [2.05, 4.69) is 39.8 Å². The molecular weight excluding hydrogens is 194 g/mol. The first-order valence-corrected chi connectivity index (χ1v) is 6.49. The molecule has 1 heteroatoms. The van der Waals surface area contributed by atoms with Crippen LogP contribution in [0.1, 0.15) is 59.8 Å². The van der Waals surface area contributed by atoms with Gasteiger partial charge in [-0.25, -0.2) is 0 Å². The van der Waals surface area contributed by atoms with Crippen molar-refractivity contribution in [2.75, 3.05) is 0 Å². The van der Waals surface area contributed by atoms with Crippen LogP contribution in [0.2, 0.25) is 0 Å². The molecule has 0 fully saturated rings. The van der Waals surface area contributed by atoms with Crippen LogP contribution in [0.25, 0.3) is 0 Å². The Labute approximate surface area is 101 Å². The highest BCUT2D eigenvalue weighted by atomic mass is 14.7. The Bertz CT molecular complexity index is 280.